The van der Waals surface area contributed by atoms with Gasteiger partial charge in [0.05, 0.1) is 13.3 Å². The van der Waals surface area contributed by atoms with E-state index in [2.05, 4.69) is 10.3 Å². The Morgan fingerprint density at radius 2 is 2.11 bits per heavy atom. The molecule has 0 fully saturated rings. The molecule has 0 aromatic carbocycles. The molecule has 1 aromatic rings. The first kappa shape index (κ1) is 13.8. The molecule has 1 heterocycles. The van der Waals surface area contributed by atoms with E-state index < -0.39 is 12.1 Å². The zero-order valence-corrected chi connectivity index (χ0v) is 10.3. The van der Waals surface area contributed by atoms with E-state index in [4.69, 9.17) is 14.6 Å². The molecular formula is C11H14N2O5. The van der Waals surface area contributed by atoms with Gasteiger partial charge in [0.1, 0.15) is 5.69 Å². The first-order valence-corrected chi connectivity index (χ1v) is 5.15. The summed E-state index contributed by atoms with van der Waals surface area (Å²) in [5, 5.41) is 11.2. The molecule has 1 rings (SSSR count). The Bertz CT molecular complexity index is 461. The van der Waals surface area contributed by atoms with E-state index >= 15 is 0 Å². The molecule has 0 aliphatic heterocycles. The molecule has 18 heavy (non-hydrogen) atoms. The molecule has 1 atom stereocenters. The van der Waals surface area contributed by atoms with E-state index in [0.717, 1.165) is 0 Å². The number of pyridine rings is 1. The Hall–Kier alpha value is -2.31. The maximum Gasteiger partial charge on any atom is 0.344 e. The lowest BCUT2D eigenvalue weighted by molar-refractivity contribution is -0.144. The van der Waals surface area contributed by atoms with Crippen LogP contribution in [0.1, 0.15) is 17.4 Å². The minimum absolute atomic E-state index is 0.157. The third kappa shape index (κ3) is 3.09. The molecule has 1 amide bonds. The maximum absolute atomic E-state index is 11.4. The Morgan fingerprint density at radius 1 is 1.44 bits per heavy atom. The largest absolute Gasteiger partial charge is 0.493 e. The van der Waals surface area contributed by atoms with Crippen LogP contribution in [0.3, 0.4) is 0 Å². The zero-order chi connectivity index (χ0) is 13.7. The van der Waals surface area contributed by atoms with E-state index in [9.17, 15) is 9.59 Å². The highest BCUT2D eigenvalue weighted by Crippen LogP contribution is 2.27. The van der Waals surface area contributed by atoms with Crippen LogP contribution >= 0.6 is 0 Å². The van der Waals surface area contributed by atoms with Crippen LogP contribution in [0.15, 0.2) is 12.3 Å². The lowest BCUT2D eigenvalue weighted by Crippen LogP contribution is -2.23. The molecule has 1 aromatic heterocycles. The van der Waals surface area contributed by atoms with Gasteiger partial charge in [-0.2, -0.15) is 0 Å². The van der Waals surface area contributed by atoms with Gasteiger partial charge in [0.25, 0.3) is 5.91 Å². The number of carboxylic acids is 1. The second-order valence-electron chi connectivity index (χ2n) is 3.40. The molecule has 0 spiro atoms. The highest BCUT2D eigenvalue weighted by Gasteiger charge is 2.17. The average molecular weight is 254 g/mol. The van der Waals surface area contributed by atoms with E-state index in [-0.39, 0.29) is 23.1 Å². The normalized spacial score (nSPS) is 11.5. The van der Waals surface area contributed by atoms with Crippen molar-refractivity contribution in [2.24, 2.45) is 0 Å². The summed E-state index contributed by atoms with van der Waals surface area (Å²) in [5.41, 5.74) is 0.157. The van der Waals surface area contributed by atoms with Crippen molar-refractivity contribution < 1.29 is 24.2 Å². The molecule has 1 unspecified atom stereocenters. The Kier molecular flexibility index (Phi) is 4.47. The molecule has 0 radical (unpaired) electrons. The number of carboxylic acid groups (broad SMARTS) is 1. The van der Waals surface area contributed by atoms with Crippen LogP contribution in [0.2, 0.25) is 0 Å². The first-order valence-electron chi connectivity index (χ1n) is 5.15. The highest BCUT2D eigenvalue weighted by molar-refractivity contribution is 5.92. The number of nitrogens with one attached hydrogen (secondary N) is 1. The number of nitrogens with zero attached hydrogens (tertiary/aromatic N) is 1. The summed E-state index contributed by atoms with van der Waals surface area (Å²) in [6, 6.07) is 1.38. The lowest BCUT2D eigenvalue weighted by atomic mass is 10.3. The van der Waals surface area contributed by atoms with Crippen LogP contribution in [0.4, 0.5) is 0 Å². The summed E-state index contributed by atoms with van der Waals surface area (Å²) < 4.78 is 10.2. The number of ether oxygens (including phenoxy) is 2. The second kappa shape index (κ2) is 5.85. The van der Waals surface area contributed by atoms with Crippen LogP contribution < -0.4 is 14.8 Å². The van der Waals surface area contributed by atoms with Gasteiger partial charge in [-0.3, -0.25) is 4.79 Å². The number of carbonyl (C=O) groups excluding carboxylic acids is 1. The quantitative estimate of drug-likeness (QED) is 0.784. The minimum atomic E-state index is -1.10. The topological polar surface area (TPSA) is 97.8 Å². The number of carbonyl (C=O) groups is 2. The molecule has 0 aliphatic carbocycles. The smallest absolute Gasteiger partial charge is 0.344 e. The Morgan fingerprint density at radius 3 is 2.61 bits per heavy atom. The second-order valence-corrected chi connectivity index (χ2v) is 3.40. The third-order valence-corrected chi connectivity index (χ3v) is 2.16. The van der Waals surface area contributed by atoms with Gasteiger partial charge in [-0.25, -0.2) is 9.78 Å². The van der Waals surface area contributed by atoms with E-state index in [0.29, 0.717) is 0 Å². The van der Waals surface area contributed by atoms with Gasteiger partial charge in [-0.05, 0) is 6.92 Å². The summed E-state index contributed by atoms with van der Waals surface area (Å²) in [6.07, 6.45) is 0.217. The Labute approximate surface area is 104 Å². The van der Waals surface area contributed by atoms with Gasteiger partial charge >= 0.3 is 5.97 Å². The highest BCUT2D eigenvalue weighted by atomic mass is 16.5. The van der Waals surface area contributed by atoms with Crippen molar-refractivity contribution in [2.45, 2.75) is 13.0 Å². The van der Waals surface area contributed by atoms with E-state index in [1.807, 2.05) is 0 Å². The van der Waals surface area contributed by atoms with Gasteiger partial charge in [0.15, 0.2) is 17.6 Å². The van der Waals surface area contributed by atoms with Crippen LogP contribution in [0, 0.1) is 0 Å². The summed E-state index contributed by atoms with van der Waals surface area (Å²) in [6.45, 7) is 1.38. The summed E-state index contributed by atoms with van der Waals surface area (Å²) in [4.78, 5) is 25.9. The fourth-order valence-corrected chi connectivity index (χ4v) is 1.17. The van der Waals surface area contributed by atoms with Gasteiger partial charge in [-0.1, -0.05) is 0 Å². The van der Waals surface area contributed by atoms with E-state index in [1.165, 1.54) is 33.3 Å². The third-order valence-electron chi connectivity index (χ3n) is 2.16. The fourth-order valence-electron chi connectivity index (χ4n) is 1.17. The predicted molar refractivity (Wildman–Crippen MR) is 61.9 cm³/mol. The van der Waals surface area contributed by atoms with Gasteiger partial charge in [-0.15, -0.1) is 0 Å². The number of hydrogen-bond donors (Lipinski definition) is 2. The van der Waals surface area contributed by atoms with Crippen molar-refractivity contribution in [3.63, 3.8) is 0 Å². The zero-order valence-electron chi connectivity index (χ0n) is 10.3. The summed E-state index contributed by atoms with van der Waals surface area (Å²) in [7, 11) is 2.87. The van der Waals surface area contributed by atoms with Gasteiger partial charge in [0, 0.05) is 13.1 Å². The van der Waals surface area contributed by atoms with Crippen molar-refractivity contribution in [3.8, 4) is 11.5 Å². The standard InChI is InChI=1S/C11H14N2O5/c1-6(11(15)16)18-9-5-13-7(10(14)12-2)4-8(9)17-3/h4-6H,1-3H3,(H,12,14)(H,15,16). The monoisotopic (exact) mass is 254 g/mol. The van der Waals surface area contributed by atoms with Crippen molar-refractivity contribution in [2.75, 3.05) is 14.2 Å². The SMILES string of the molecule is CNC(=O)c1cc(OC)c(OC(C)C(=O)O)cn1. The number of methoxy groups -OCH3 is 1. The number of rotatable bonds is 5. The Balaban J connectivity index is 3.00. The molecule has 98 valence electrons. The average Bonchev–Trinajstić information content (AvgIpc) is 2.37. The predicted octanol–water partition coefficient (Wildman–Crippen LogP) is 0.302. The van der Waals surface area contributed by atoms with Crippen LogP contribution in [0.5, 0.6) is 11.5 Å². The maximum atomic E-state index is 11.4. The number of aliphatic carboxylic acids is 1. The summed E-state index contributed by atoms with van der Waals surface area (Å²) >= 11 is 0. The number of hydrogen-bond acceptors (Lipinski definition) is 5. The van der Waals surface area contributed by atoms with Crippen LogP contribution in [-0.2, 0) is 4.79 Å². The van der Waals surface area contributed by atoms with Crippen molar-refractivity contribution >= 4 is 11.9 Å². The summed E-state index contributed by atoms with van der Waals surface area (Å²) in [5.74, 6) is -1.06. The number of aromatic nitrogens is 1. The van der Waals surface area contributed by atoms with Crippen LogP contribution in [-0.4, -0.2) is 42.2 Å². The molecule has 7 nitrogen and oxygen atoms in total. The molecule has 2 N–H and O–H groups in total. The van der Waals surface area contributed by atoms with Gasteiger partial charge < -0.3 is 19.9 Å². The van der Waals surface area contributed by atoms with E-state index in [1.54, 1.807) is 0 Å². The van der Waals surface area contributed by atoms with Crippen LogP contribution in [0.25, 0.3) is 0 Å². The molecule has 0 aliphatic rings. The van der Waals surface area contributed by atoms with Crippen molar-refractivity contribution in [1.29, 1.82) is 0 Å². The van der Waals surface area contributed by atoms with Gasteiger partial charge in [0.2, 0.25) is 0 Å². The number of amides is 1. The molecule has 0 bridgehead atoms. The fraction of sp³-hybridized carbons (Fsp3) is 0.364. The first-order chi connectivity index (χ1) is 8.49. The lowest BCUT2D eigenvalue weighted by Gasteiger charge is -2.13. The molecular weight excluding hydrogens is 240 g/mol. The molecule has 0 saturated heterocycles. The minimum Gasteiger partial charge on any atom is -0.493 e. The molecule has 0 saturated carbocycles. The molecule has 7 heteroatoms. The van der Waals surface area contributed by atoms with Crippen molar-refractivity contribution in [1.82, 2.24) is 10.3 Å². The van der Waals surface area contributed by atoms with Crippen molar-refractivity contribution in [3.05, 3.63) is 18.0 Å².